The number of aromatic amines is 1. The molecule has 5 heteroatoms. The SMILES string of the molecule is CC(=Nc1ccc(CN2CC=CCC2)cc1)c1c(O)[nH]c2ccc(N)cc12. The van der Waals surface area contributed by atoms with E-state index >= 15 is 0 Å². The van der Waals surface area contributed by atoms with Crippen LogP contribution in [0.2, 0.25) is 0 Å². The highest BCUT2D eigenvalue weighted by Gasteiger charge is 2.14. The van der Waals surface area contributed by atoms with Gasteiger partial charge in [0.25, 0.3) is 0 Å². The van der Waals surface area contributed by atoms with Crippen LogP contribution in [0.4, 0.5) is 11.4 Å². The van der Waals surface area contributed by atoms with Gasteiger partial charge in [-0.3, -0.25) is 9.89 Å². The quantitative estimate of drug-likeness (QED) is 0.367. The van der Waals surface area contributed by atoms with Gasteiger partial charge in [0.1, 0.15) is 0 Å². The first-order valence-corrected chi connectivity index (χ1v) is 9.22. The summed E-state index contributed by atoms with van der Waals surface area (Å²) in [4.78, 5) is 10.1. The molecule has 0 radical (unpaired) electrons. The standard InChI is InChI=1S/C22H24N4O/c1-15(21-19-13-17(23)7-10-20(19)25-22(21)27)24-18-8-5-16(6-9-18)14-26-11-3-2-4-12-26/h2-3,5-10,13,25,27H,4,11-12,14,23H2,1H3. The van der Waals surface area contributed by atoms with Crippen LogP contribution < -0.4 is 5.73 Å². The van der Waals surface area contributed by atoms with Gasteiger partial charge in [0.05, 0.1) is 17.0 Å². The van der Waals surface area contributed by atoms with Crippen LogP contribution in [0.25, 0.3) is 10.9 Å². The number of fused-ring (bicyclic) bond motifs is 1. The number of nitrogens with one attached hydrogen (secondary N) is 1. The minimum Gasteiger partial charge on any atom is -0.494 e. The highest BCUT2D eigenvalue weighted by Crippen LogP contribution is 2.30. The van der Waals surface area contributed by atoms with Gasteiger partial charge in [-0.15, -0.1) is 0 Å². The Hall–Kier alpha value is -3.05. The third-order valence-corrected chi connectivity index (χ3v) is 4.95. The number of aliphatic imine (C=N–C) groups is 1. The summed E-state index contributed by atoms with van der Waals surface area (Å²) in [6, 6.07) is 13.8. The molecule has 0 fully saturated rings. The number of aromatic hydroxyl groups is 1. The van der Waals surface area contributed by atoms with Crippen molar-refractivity contribution in [1.82, 2.24) is 9.88 Å². The maximum atomic E-state index is 10.3. The summed E-state index contributed by atoms with van der Waals surface area (Å²) in [5.41, 5.74) is 11.0. The van der Waals surface area contributed by atoms with E-state index in [0.717, 1.165) is 48.4 Å². The lowest BCUT2D eigenvalue weighted by molar-refractivity contribution is 0.291. The number of benzene rings is 2. The Morgan fingerprint density at radius 3 is 2.74 bits per heavy atom. The number of hydrogen-bond donors (Lipinski definition) is 3. The van der Waals surface area contributed by atoms with Crippen molar-refractivity contribution in [3.05, 3.63) is 65.7 Å². The molecular weight excluding hydrogens is 336 g/mol. The predicted octanol–water partition coefficient (Wildman–Crippen LogP) is 4.36. The number of nitrogen functional groups attached to an aromatic ring is 1. The van der Waals surface area contributed by atoms with E-state index < -0.39 is 0 Å². The van der Waals surface area contributed by atoms with E-state index in [1.54, 1.807) is 0 Å². The lowest BCUT2D eigenvalue weighted by Crippen LogP contribution is -2.26. The lowest BCUT2D eigenvalue weighted by Gasteiger charge is -2.22. The Morgan fingerprint density at radius 1 is 1.19 bits per heavy atom. The first kappa shape index (κ1) is 17.4. The molecule has 4 rings (SSSR count). The fraction of sp³-hybridized carbons (Fsp3) is 0.227. The molecule has 1 aliphatic heterocycles. The molecular formula is C22H24N4O. The van der Waals surface area contributed by atoms with Crippen LogP contribution in [0.1, 0.15) is 24.5 Å². The molecule has 0 bridgehead atoms. The number of H-pyrrole nitrogens is 1. The summed E-state index contributed by atoms with van der Waals surface area (Å²) >= 11 is 0. The second-order valence-electron chi connectivity index (χ2n) is 7.01. The van der Waals surface area contributed by atoms with Crippen LogP contribution in [0.5, 0.6) is 5.88 Å². The Kier molecular flexibility index (Phi) is 4.69. The largest absolute Gasteiger partial charge is 0.494 e. The van der Waals surface area contributed by atoms with Crippen molar-refractivity contribution in [1.29, 1.82) is 0 Å². The summed E-state index contributed by atoms with van der Waals surface area (Å²) in [5, 5.41) is 11.2. The smallest absolute Gasteiger partial charge is 0.198 e. The van der Waals surface area contributed by atoms with Crippen molar-refractivity contribution < 1.29 is 5.11 Å². The van der Waals surface area contributed by atoms with Crippen LogP contribution in [0, 0.1) is 0 Å². The molecule has 1 aliphatic rings. The van der Waals surface area contributed by atoms with Crippen molar-refractivity contribution in [2.24, 2.45) is 4.99 Å². The van der Waals surface area contributed by atoms with Gasteiger partial charge in [-0.05, 0) is 49.2 Å². The molecule has 138 valence electrons. The van der Waals surface area contributed by atoms with E-state index in [1.807, 2.05) is 37.3 Å². The van der Waals surface area contributed by atoms with Crippen LogP contribution in [-0.4, -0.2) is 33.8 Å². The number of nitrogens with two attached hydrogens (primary N) is 1. The molecule has 0 amide bonds. The minimum absolute atomic E-state index is 0.117. The fourth-order valence-corrected chi connectivity index (χ4v) is 3.58. The van der Waals surface area contributed by atoms with Gasteiger partial charge in [0.15, 0.2) is 5.88 Å². The van der Waals surface area contributed by atoms with Crippen molar-refractivity contribution in [3.63, 3.8) is 0 Å². The van der Waals surface area contributed by atoms with E-state index in [-0.39, 0.29) is 5.88 Å². The Labute approximate surface area is 158 Å². The Bertz CT molecular complexity index is 1010. The second-order valence-corrected chi connectivity index (χ2v) is 7.01. The van der Waals surface area contributed by atoms with Crippen LogP contribution >= 0.6 is 0 Å². The molecule has 4 N–H and O–H groups in total. The Morgan fingerprint density at radius 2 is 2.00 bits per heavy atom. The second kappa shape index (κ2) is 7.29. The molecule has 0 unspecified atom stereocenters. The number of aromatic nitrogens is 1. The molecule has 5 nitrogen and oxygen atoms in total. The van der Waals surface area contributed by atoms with Gasteiger partial charge in [-0.1, -0.05) is 24.3 Å². The summed E-state index contributed by atoms with van der Waals surface area (Å²) in [7, 11) is 0. The average Bonchev–Trinajstić information content (AvgIpc) is 2.99. The van der Waals surface area contributed by atoms with Crippen molar-refractivity contribution in [3.8, 4) is 5.88 Å². The zero-order valence-corrected chi connectivity index (χ0v) is 15.4. The van der Waals surface area contributed by atoms with Crippen LogP contribution in [0.3, 0.4) is 0 Å². The first-order valence-electron chi connectivity index (χ1n) is 9.22. The van der Waals surface area contributed by atoms with Crippen molar-refractivity contribution in [2.45, 2.75) is 19.9 Å². The van der Waals surface area contributed by atoms with Crippen LogP contribution in [-0.2, 0) is 6.54 Å². The first-order chi connectivity index (χ1) is 13.1. The Balaban J connectivity index is 1.57. The molecule has 0 saturated heterocycles. The number of hydrogen-bond acceptors (Lipinski definition) is 4. The third kappa shape index (κ3) is 3.73. The van der Waals surface area contributed by atoms with E-state index in [1.165, 1.54) is 5.56 Å². The molecule has 0 saturated carbocycles. The zero-order chi connectivity index (χ0) is 18.8. The summed E-state index contributed by atoms with van der Waals surface area (Å²) in [6.45, 7) is 4.98. The minimum atomic E-state index is 0.117. The molecule has 2 aromatic carbocycles. The third-order valence-electron chi connectivity index (χ3n) is 4.95. The van der Waals surface area contributed by atoms with Gasteiger partial charge in [-0.2, -0.15) is 0 Å². The fourth-order valence-electron chi connectivity index (χ4n) is 3.58. The summed E-state index contributed by atoms with van der Waals surface area (Å²) in [5.74, 6) is 0.117. The number of rotatable bonds is 4. The maximum absolute atomic E-state index is 10.3. The highest BCUT2D eigenvalue weighted by molar-refractivity contribution is 6.13. The predicted molar refractivity (Wildman–Crippen MR) is 112 cm³/mol. The molecule has 0 spiro atoms. The summed E-state index contributed by atoms with van der Waals surface area (Å²) in [6.07, 6.45) is 5.59. The van der Waals surface area contributed by atoms with E-state index in [2.05, 4.69) is 34.2 Å². The molecule has 1 aromatic heterocycles. The van der Waals surface area contributed by atoms with Gasteiger partial charge < -0.3 is 15.8 Å². The van der Waals surface area contributed by atoms with Gasteiger partial charge >= 0.3 is 0 Å². The van der Waals surface area contributed by atoms with Crippen molar-refractivity contribution in [2.75, 3.05) is 18.8 Å². The zero-order valence-electron chi connectivity index (χ0n) is 15.4. The topological polar surface area (TPSA) is 77.6 Å². The maximum Gasteiger partial charge on any atom is 0.198 e. The normalized spacial score (nSPS) is 15.5. The molecule has 3 aromatic rings. The monoisotopic (exact) mass is 360 g/mol. The molecule has 0 aliphatic carbocycles. The van der Waals surface area contributed by atoms with Crippen LogP contribution in [0.15, 0.2) is 59.6 Å². The number of nitrogens with zero attached hydrogens (tertiary/aromatic N) is 2. The van der Waals surface area contributed by atoms with Gasteiger partial charge in [0.2, 0.25) is 0 Å². The van der Waals surface area contributed by atoms with Gasteiger partial charge in [0, 0.05) is 36.2 Å². The molecule has 2 heterocycles. The average molecular weight is 360 g/mol. The molecule has 27 heavy (non-hydrogen) atoms. The number of anilines is 1. The lowest BCUT2D eigenvalue weighted by atomic mass is 10.1. The van der Waals surface area contributed by atoms with E-state index in [4.69, 9.17) is 10.7 Å². The van der Waals surface area contributed by atoms with E-state index in [0.29, 0.717) is 11.3 Å². The summed E-state index contributed by atoms with van der Waals surface area (Å²) < 4.78 is 0. The van der Waals surface area contributed by atoms with Gasteiger partial charge in [-0.25, -0.2) is 0 Å². The van der Waals surface area contributed by atoms with E-state index in [9.17, 15) is 5.11 Å². The molecule has 0 atom stereocenters. The van der Waals surface area contributed by atoms with Crippen molar-refractivity contribution >= 4 is 28.0 Å². The highest BCUT2D eigenvalue weighted by atomic mass is 16.3.